The van der Waals surface area contributed by atoms with Crippen LogP contribution in [0.5, 0.6) is 0 Å². The van der Waals surface area contributed by atoms with Crippen molar-refractivity contribution in [3.63, 3.8) is 0 Å². The van der Waals surface area contributed by atoms with Gasteiger partial charge in [0.2, 0.25) is 0 Å². The van der Waals surface area contributed by atoms with Crippen LogP contribution in [-0.2, 0) is 11.8 Å². The Kier molecular flexibility index (Phi) is 4.94. The molecule has 0 saturated carbocycles. The quantitative estimate of drug-likeness (QED) is 0.674. The molecule has 24 heavy (non-hydrogen) atoms. The van der Waals surface area contributed by atoms with E-state index in [0.29, 0.717) is 11.9 Å². The van der Waals surface area contributed by atoms with Gasteiger partial charge >= 0.3 is 0 Å². The number of fused-ring (bicyclic) bond motifs is 1. The molecule has 0 aliphatic carbocycles. The average Bonchev–Trinajstić information content (AvgIpc) is 2.91. The molecule has 1 aliphatic rings. The van der Waals surface area contributed by atoms with E-state index in [1.165, 1.54) is 31.4 Å². The minimum atomic E-state index is -0.635. The molecule has 0 spiro atoms. The molecule has 0 unspecified atom stereocenters. The van der Waals surface area contributed by atoms with Crippen molar-refractivity contribution in [1.82, 2.24) is 14.8 Å². The van der Waals surface area contributed by atoms with Crippen molar-refractivity contribution >= 4 is 22.6 Å². The van der Waals surface area contributed by atoms with Crippen LogP contribution in [0.1, 0.15) is 29.6 Å². The zero-order valence-corrected chi connectivity index (χ0v) is 13.8. The smallest absolute Gasteiger partial charge is 0.292 e. The molecule has 1 aliphatic heterocycles. The number of hydrogen-bond acceptors (Lipinski definition) is 3. The Labute approximate surface area is 140 Å². The third-order valence-corrected chi connectivity index (χ3v) is 4.56. The molecule has 1 fully saturated rings. The molecule has 1 saturated heterocycles. The van der Waals surface area contributed by atoms with Crippen LogP contribution in [0, 0.1) is 5.82 Å². The van der Waals surface area contributed by atoms with Crippen LogP contribution in [0.3, 0.4) is 0 Å². The molecule has 1 aromatic carbocycles. The number of hydrogen-bond donors (Lipinski definition) is 1. The number of aryl methyl sites for hydroxylation is 1. The standard InChI is InChI=1S/C18H22FN3O2/c1-21-12-15(14-11-13(19)5-6-16(14)21)17(23)18(24)20-7-10-22-8-3-2-4-9-22/h5-6,11-12H,2-4,7-10H2,1H3,(H,20,24). The largest absolute Gasteiger partial charge is 0.350 e. The van der Waals surface area contributed by atoms with E-state index >= 15 is 0 Å². The zero-order chi connectivity index (χ0) is 17.1. The van der Waals surface area contributed by atoms with E-state index in [1.807, 2.05) is 0 Å². The van der Waals surface area contributed by atoms with E-state index < -0.39 is 17.5 Å². The van der Waals surface area contributed by atoms with Gasteiger partial charge in [-0.15, -0.1) is 0 Å². The molecule has 0 radical (unpaired) electrons. The van der Waals surface area contributed by atoms with Crippen molar-refractivity contribution in [3.8, 4) is 0 Å². The second kappa shape index (κ2) is 7.13. The fourth-order valence-electron chi connectivity index (χ4n) is 3.26. The van der Waals surface area contributed by atoms with Crippen LogP contribution in [0.25, 0.3) is 10.9 Å². The summed E-state index contributed by atoms with van der Waals surface area (Å²) < 4.78 is 15.2. The van der Waals surface area contributed by atoms with Crippen molar-refractivity contribution in [2.24, 2.45) is 7.05 Å². The summed E-state index contributed by atoms with van der Waals surface area (Å²) in [4.78, 5) is 26.8. The van der Waals surface area contributed by atoms with Crippen LogP contribution < -0.4 is 5.32 Å². The number of carbonyl (C=O) groups excluding carboxylic acids is 2. The fourth-order valence-corrected chi connectivity index (χ4v) is 3.26. The molecule has 3 rings (SSSR count). The van der Waals surface area contributed by atoms with Gasteiger partial charge in [0.25, 0.3) is 11.7 Å². The van der Waals surface area contributed by atoms with Gasteiger partial charge in [0.1, 0.15) is 5.82 Å². The number of halogens is 1. The molecule has 1 N–H and O–H groups in total. The minimum absolute atomic E-state index is 0.238. The Bertz CT molecular complexity index is 763. The second-order valence-corrected chi connectivity index (χ2v) is 6.30. The van der Waals surface area contributed by atoms with Gasteiger partial charge in [-0.3, -0.25) is 9.59 Å². The highest BCUT2D eigenvalue weighted by Gasteiger charge is 2.21. The van der Waals surface area contributed by atoms with Crippen LogP contribution >= 0.6 is 0 Å². The molecule has 1 amide bonds. The molecule has 128 valence electrons. The number of Topliss-reactive ketones (excluding diaryl/α,β-unsaturated/α-hetero) is 1. The molecule has 6 heteroatoms. The molecule has 0 atom stereocenters. The Morgan fingerprint density at radius 2 is 1.96 bits per heavy atom. The molecular weight excluding hydrogens is 309 g/mol. The second-order valence-electron chi connectivity index (χ2n) is 6.30. The third kappa shape index (κ3) is 3.48. The summed E-state index contributed by atoms with van der Waals surface area (Å²) in [5.74, 6) is -1.68. The Morgan fingerprint density at radius 3 is 2.71 bits per heavy atom. The van der Waals surface area contributed by atoms with Gasteiger partial charge in [-0.25, -0.2) is 4.39 Å². The minimum Gasteiger partial charge on any atom is -0.350 e. The number of amides is 1. The predicted molar refractivity (Wildman–Crippen MR) is 90.5 cm³/mol. The van der Waals surface area contributed by atoms with E-state index in [0.717, 1.165) is 25.2 Å². The third-order valence-electron chi connectivity index (χ3n) is 4.56. The van der Waals surface area contributed by atoms with E-state index in [9.17, 15) is 14.0 Å². The summed E-state index contributed by atoms with van der Waals surface area (Å²) in [6.45, 7) is 3.30. The molecule has 1 aromatic heterocycles. The number of aromatic nitrogens is 1. The molecule has 2 aromatic rings. The first-order valence-electron chi connectivity index (χ1n) is 8.36. The highest BCUT2D eigenvalue weighted by Crippen LogP contribution is 2.22. The zero-order valence-electron chi connectivity index (χ0n) is 13.8. The highest BCUT2D eigenvalue weighted by molar-refractivity contribution is 6.45. The average molecular weight is 331 g/mol. The van der Waals surface area contributed by atoms with Gasteiger partial charge < -0.3 is 14.8 Å². The van der Waals surface area contributed by atoms with Crippen LogP contribution in [0.4, 0.5) is 4.39 Å². The van der Waals surface area contributed by atoms with Gasteiger partial charge in [-0.2, -0.15) is 0 Å². The summed E-state index contributed by atoms with van der Waals surface area (Å²) in [5.41, 5.74) is 0.961. The summed E-state index contributed by atoms with van der Waals surface area (Å²) in [7, 11) is 1.77. The lowest BCUT2D eigenvalue weighted by atomic mass is 10.1. The topological polar surface area (TPSA) is 54.3 Å². The van der Waals surface area contributed by atoms with Crippen LogP contribution in [0.15, 0.2) is 24.4 Å². The number of ketones is 1. The first kappa shape index (κ1) is 16.6. The van der Waals surface area contributed by atoms with Crippen molar-refractivity contribution in [2.45, 2.75) is 19.3 Å². The van der Waals surface area contributed by atoms with Crippen LogP contribution in [-0.4, -0.2) is 47.3 Å². The Balaban J connectivity index is 1.65. The molecular formula is C18H22FN3O2. The molecule has 2 heterocycles. The monoisotopic (exact) mass is 331 g/mol. The van der Waals surface area contributed by atoms with Crippen LogP contribution in [0.2, 0.25) is 0 Å². The number of benzene rings is 1. The lowest BCUT2D eigenvalue weighted by molar-refractivity contribution is -0.117. The van der Waals surface area contributed by atoms with Gasteiger partial charge in [-0.05, 0) is 44.1 Å². The lowest BCUT2D eigenvalue weighted by Crippen LogP contribution is -2.39. The SMILES string of the molecule is Cn1cc(C(=O)C(=O)NCCN2CCCCC2)c2cc(F)ccc21. The van der Waals surface area contributed by atoms with Crippen molar-refractivity contribution in [2.75, 3.05) is 26.2 Å². The van der Waals surface area contributed by atoms with E-state index in [4.69, 9.17) is 0 Å². The van der Waals surface area contributed by atoms with Gasteiger partial charge in [0, 0.05) is 37.2 Å². The molecule has 0 bridgehead atoms. The Morgan fingerprint density at radius 1 is 1.21 bits per heavy atom. The summed E-state index contributed by atoms with van der Waals surface area (Å²) in [6, 6.07) is 4.24. The predicted octanol–water partition coefficient (Wildman–Crippen LogP) is 2.10. The fraction of sp³-hybridized carbons (Fsp3) is 0.444. The number of rotatable bonds is 5. The highest BCUT2D eigenvalue weighted by atomic mass is 19.1. The maximum Gasteiger partial charge on any atom is 0.292 e. The normalized spacial score (nSPS) is 15.6. The van der Waals surface area contributed by atoms with Crippen molar-refractivity contribution in [3.05, 3.63) is 35.8 Å². The van der Waals surface area contributed by atoms with Gasteiger partial charge in [-0.1, -0.05) is 6.42 Å². The van der Waals surface area contributed by atoms with Gasteiger partial charge in [0.05, 0.1) is 5.56 Å². The van der Waals surface area contributed by atoms with Crippen molar-refractivity contribution < 1.29 is 14.0 Å². The van der Waals surface area contributed by atoms with Gasteiger partial charge in [0.15, 0.2) is 0 Å². The maximum absolute atomic E-state index is 13.5. The number of nitrogens with zero attached hydrogens (tertiary/aromatic N) is 2. The van der Waals surface area contributed by atoms with E-state index in [1.54, 1.807) is 23.9 Å². The van der Waals surface area contributed by atoms with Crippen molar-refractivity contribution in [1.29, 1.82) is 0 Å². The summed E-state index contributed by atoms with van der Waals surface area (Å²) >= 11 is 0. The Hall–Kier alpha value is -2.21. The lowest BCUT2D eigenvalue weighted by Gasteiger charge is -2.26. The maximum atomic E-state index is 13.5. The van der Waals surface area contributed by atoms with E-state index in [2.05, 4.69) is 10.2 Å². The van der Waals surface area contributed by atoms with E-state index in [-0.39, 0.29) is 5.56 Å². The number of likely N-dealkylation sites (tertiary alicyclic amines) is 1. The summed E-state index contributed by atoms with van der Waals surface area (Å²) in [5, 5.41) is 3.15. The molecule has 5 nitrogen and oxygen atoms in total. The number of nitrogens with one attached hydrogen (secondary N) is 1. The number of piperidine rings is 1. The summed E-state index contributed by atoms with van der Waals surface area (Å²) in [6.07, 6.45) is 5.22. The first-order chi connectivity index (χ1) is 11.6. The first-order valence-corrected chi connectivity index (χ1v) is 8.36. The number of carbonyl (C=O) groups is 2.